The van der Waals surface area contributed by atoms with Gasteiger partial charge < -0.3 is 10.2 Å². The maximum atomic E-state index is 14.1. The Bertz CT molecular complexity index is 667. The van der Waals surface area contributed by atoms with E-state index in [1.165, 1.54) is 6.92 Å². The lowest BCUT2D eigenvalue weighted by Crippen LogP contribution is -2.66. The normalized spacial score (nSPS) is 25.6. The first kappa shape index (κ1) is 20.5. The van der Waals surface area contributed by atoms with Crippen LogP contribution in [0.2, 0.25) is 0 Å². The number of hydrogen-bond acceptors (Lipinski definition) is 3. The molecule has 1 aliphatic heterocycles. The largest absolute Gasteiger partial charge is 0.425 e. The van der Waals surface area contributed by atoms with Crippen LogP contribution >= 0.6 is 0 Å². The van der Waals surface area contributed by atoms with Crippen molar-refractivity contribution in [2.24, 2.45) is 5.41 Å². The number of carbonyl (C=O) groups is 3. The summed E-state index contributed by atoms with van der Waals surface area (Å²) in [5.74, 6) is -2.91. The summed E-state index contributed by atoms with van der Waals surface area (Å²) in [5, 5.41) is 1.86. The minimum Gasteiger partial charge on any atom is -0.330 e. The zero-order valence-electron chi connectivity index (χ0n) is 15.5. The van der Waals surface area contributed by atoms with Gasteiger partial charge in [-0.3, -0.25) is 14.4 Å². The van der Waals surface area contributed by atoms with Gasteiger partial charge >= 0.3 is 6.18 Å². The van der Waals surface area contributed by atoms with E-state index in [2.05, 4.69) is 0 Å². The molecule has 2 amide bonds. The van der Waals surface area contributed by atoms with Crippen LogP contribution in [-0.4, -0.2) is 40.8 Å². The summed E-state index contributed by atoms with van der Waals surface area (Å²) in [6, 6.07) is 0. The first-order valence-corrected chi connectivity index (χ1v) is 8.87. The summed E-state index contributed by atoms with van der Waals surface area (Å²) >= 11 is 0. The van der Waals surface area contributed by atoms with E-state index in [0.717, 1.165) is 4.90 Å². The SMILES string of the molecule is CCCCN1C(=O)[C@@](NC(=O)CC)(C(F)(F)F)C2=C1CC(C)(C)CC2=O. The molecule has 1 N–H and O–H groups in total. The number of halogens is 3. The predicted molar refractivity (Wildman–Crippen MR) is 88.9 cm³/mol. The third-order valence-corrected chi connectivity index (χ3v) is 4.93. The molecule has 2 rings (SSSR count). The molecule has 1 heterocycles. The molecule has 0 aromatic rings. The van der Waals surface area contributed by atoms with Crippen LogP contribution < -0.4 is 5.32 Å². The highest BCUT2D eigenvalue weighted by Gasteiger charge is 2.71. The summed E-state index contributed by atoms with van der Waals surface area (Å²) in [6.45, 7) is 6.93. The third kappa shape index (κ3) is 3.14. The van der Waals surface area contributed by atoms with Gasteiger partial charge in [-0.05, 0) is 18.3 Å². The second kappa shape index (κ2) is 6.70. The Kier molecular flexibility index (Phi) is 5.27. The van der Waals surface area contributed by atoms with E-state index in [-0.39, 0.29) is 31.5 Å². The minimum atomic E-state index is -5.10. The molecule has 0 saturated heterocycles. The van der Waals surface area contributed by atoms with Gasteiger partial charge in [0.25, 0.3) is 5.91 Å². The summed E-state index contributed by atoms with van der Waals surface area (Å²) in [4.78, 5) is 38.6. The standard InChI is InChI=1S/C18H25F3N2O3/c1-5-7-8-23-11-9-16(3,4)10-12(24)14(11)17(15(23)26,18(19,20)21)22-13(25)6-2/h5-10H2,1-4H3,(H,22,25)/t17-/m1/s1. The second-order valence-electron chi connectivity index (χ2n) is 7.72. The van der Waals surface area contributed by atoms with Gasteiger partial charge in [0.1, 0.15) is 0 Å². The monoisotopic (exact) mass is 374 g/mol. The lowest BCUT2D eigenvalue weighted by Gasteiger charge is -2.35. The summed E-state index contributed by atoms with van der Waals surface area (Å²) in [6.07, 6.45) is -4.04. The molecule has 1 aliphatic carbocycles. The fourth-order valence-corrected chi connectivity index (χ4v) is 3.68. The highest BCUT2D eigenvalue weighted by atomic mass is 19.4. The van der Waals surface area contributed by atoms with E-state index in [9.17, 15) is 27.6 Å². The van der Waals surface area contributed by atoms with Gasteiger partial charge in [-0.2, -0.15) is 13.2 Å². The molecule has 0 spiro atoms. The van der Waals surface area contributed by atoms with Gasteiger partial charge in [-0.15, -0.1) is 0 Å². The Morgan fingerprint density at radius 3 is 2.31 bits per heavy atom. The zero-order valence-corrected chi connectivity index (χ0v) is 15.5. The number of nitrogens with one attached hydrogen (secondary N) is 1. The lowest BCUT2D eigenvalue weighted by atomic mass is 9.72. The zero-order chi connectivity index (χ0) is 19.9. The van der Waals surface area contributed by atoms with E-state index in [4.69, 9.17) is 0 Å². The molecule has 8 heteroatoms. The highest BCUT2D eigenvalue weighted by Crippen LogP contribution is 2.51. The van der Waals surface area contributed by atoms with Gasteiger partial charge in [0.2, 0.25) is 11.4 Å². The summed E-state index contributed by atoms with van der Waals surface area (Å²) < 4.78 is 42.4. The van der Waals surface area contributed by atoms with Crippen molar-refractivity contribution >= 4 is 17.6 Å². The first-order valence-electron chi connectivity index (χ1n) is 8.87. The molecule has 0 aromatic carbocycles. The Morgan fingerprint density at radius 1 is 1.19 bits per heavy atom. The number of hydrogen-bond donors (Lipinski definition) is 1. The van der Waals surface area contributed by atoms with Crippen LogP contribution in [0, 0.1) is 5.41 Å². The molecule has 26 heavy (non-hydrogen) atoms. The number of rotatable bonds is 5. The molecule has 2 aliphatic rings. The van der Waals surface area contributed by atoms with Crippen molar-refractivity contribution in [1.29, 1.82) is 0 Å². The highest BCUT2D eigenvalue weighted by molar-refractivity contribution is 6.13. The Hall–Kier alpha value is -1.86. The molecule has 0 aromatic heterocycles. The molecule has 0 radical (unpaired) electrons. The van der Waals surface area contributed by atoms with Crippen LogP contribution in [0.15, 0.2) is 11.3 Å². The van der Waals surface area contributed by atoms with Crippen molar-refractivity contribution in [3.8, 4) is 0 Å². The van der Waals surface area contributed by atoms with E-state index in [1.54, 1.807) is 13.8 Å². The van der Waals surface area contributed by atoms with Gasteiger partial charge in [0.15, 0.2) is 5.78 Å². The van der Waals surface area contributed by atoms with Crippen molar-refractivity contribution in [2.45, 2.75) is 71.5 Å². The fourth-order valence-electron chi connectivity index (χ4n) is 3.68. The Morgan fingerprint density at radius 2 is 1.81 bits per heavy atom. The van der Waals surface area contributed by atoms with Crippen molar-refractivity contribution in [3.05, 3.63) is 11.3 Å². The number of ketones is 1. The average molecular weight is 374 g/mol. The van der Waals surface area contributed by atoms with E-state index in [1.807, 2.05) is 12.2 Å². The number of allylic oxidation sites excluding steroid dienone is 1. The minimum absolute atomic E-state index is 0.0946. The Balaban J connectivity index is 2.70. The van der Waals surface area contributed by atoms with Crippen LogP contribution in [0.25, 0.3) is 0 Å². The van der Waals surface area contributed by atoms with Crippen molar-refractivity contribution in [3.63, 3.8) is 0 Å². The van der Waals surface area contributed by atoms with Gasteiger partial charge in [0, 0.05) is 25.1 Å². The predicted octanol–water partition coefficient (Wildman–Crippen LogP) is 3.10. The second-order valence-corrected chi connectivity index (χ2v) is 7.72. The van der Waals surface area contributed by atoms with Crippen LogP contribution in [0.5, 0.6) is 0 Å². The number of amides is 2. The van der Waals surface area contributed by atoms with E-state index >= 15 is 0 Å². The Labute approximate surface area is 151 Å². The summed E-state index contributed by atoms with van der Waals surface area (Å²) in [7, 11) is 0. The number of Topliss-reactive ketones (excluding diaryl/α,β-unsaturated/α-hetero) is 1. The molecule has 146 valence electrons. The van der Waals surface area contributed by atoms with Crippen LogP contribution in [0.3, 0.4) is 0 Å². The van der Waals surface area contributed by atoms with Crippen LogP contribution in [0.1, 0.15) is 59.8 Å². The molecule has 1 atom stereocenters. The quantitative estimate of drug-likeness (QED) is 0.804. The van der Waals surface area contributed by atoms with E-state index in [0.29, 0.717) is 12.8 Å². The number of unbranched alkanes of at least 4 members (excludes halogenated alkanes) is 1. The average Bonchev–Trinajstić information content (AvgIpc) is 2.73. The summed E-state index contributed by atoms with van der Waals surface area (Å²) in [5.41, 5.74) is -4.29. The molecular weight excluding hydrogens is 349 g/mol. The lowest BCUT2D eigenvalue weighted by molar-refractivity contribution is -0.194. The molecular formula is C18H25F3N2O3. The molecule has 0 fully saturated rings. The molecule has 0 bridgehead atoms. The first-order chi connectivity index (χ1) is 11.9. The van der Waals surface area contributed by atoms with E-state index < -0.39 is 40.3 Å². The third-order valence-electron chi connectivity index (χ3n) is 4.93. The molecule has 0 saturated carbocycles. The van der Waals surface area contributed by atoms with Crippen LogP contribution in [-0.2, 0) is 14.4 Å². The fraction of sp³-hybridized carbons (Fsp3) is 0.722. The smallest absolute Gasteiger partial charge is 0.330 e. The maximum absolute atomic E-state index is 14.1. The number of nitrogens with zero attached hydrogens (tertiary/aromatic N) is 1. The van der Waals surface area contributed by atoms with Gasteiger partial charge in [0.05, 0.1) is 5.57 Å². The van der Waals surface area contributed by atoms with Crippen molar-refractivity contribution in [2.75, 3.05) is 6.54 Å². The number of carbonyl (C=O) groups excluding carboxylic acids is 3. The topological polar surface area (TPSA) is 66.5 Å². The van der Waals surface area contributed by atoms with Crippen LogP contribution in [0.4, 0.5) is 13.2 Å². The van der Waals surface area contributed by atoms with Crippen molar-refractivity contribution in [1.82, 2.24) is 10.2 Å². The van der Waals surface area contributed by atoms with Gasteiger partial charge in [-0.1, -0.05) is 34.1 Å². The van der Waals surface area contributed by atoms with Crippen molar-refractivity contribution < 1.29 is 27.6 Å². The maximum Gasteiger partial charge on any atom is 0.425 e. The molecule has 5 nitrogen and oxygen atoms in total. The van der Waals surface area contributed by atoms with Gasteiger partial charge in [-0.25, -0.2) is 0 Å². The number of alkyl halides is 3. The molecule has 0 unspecified atom stereocenters.